The molecule has 0 fully saturated rings. The average molecular weight is 486 g/mol. The molecule has 3 aromatic carbocycles. The SMILES string of the molecule is CC(=O)CCc1ccc(N(/N=C(\C)C=O)C2=CCCc3ccc(Nc4ccccc4Cl)cc32)cc1. The summed E-state index contributed by atoms with van der Waals surface area (Å²) in [7, 11) is 0. The number of hydrazone groups is 1. The Morgan fingerprint density at radius 3 is 2.57 bits per heavy atom. The number of carbonyl (C=O) groups is 2. The number of anilines is 3. The van der Waals surface area contributed by atoms with Gasteiger partial charge in [-0.2, -0.15) is 5.10 Å². The second-order valence-corrected chi connectivity index (χ2v) is 9.05. The van der Waals surface area contributed by atoms with E-state index in [1.54, 1.807) is 13.8 Å². The van der Waals surface area contributed by atoms with Crippen LogP contribution < -0.4 is 10.3 Å². The second kappa shape index (κ2) is 11.2. The lowest BCUT2D eigenvalue weighted by Crippen LogP contribution is -2.20. The number of halogens is 1. The van der Waals surface area contributed by atoms with Gasteiger partial charge in [0.15, 0.2) is 6.29 Å². The van der Waals surface area contributed by atoms with E-state index in [0.29, 0.717) is 23.6 Å². The maximum Gasteiger partial charge on any atom is 0.165 e. The molecule has 0 bridgehead atoms. The van der Waals surface area contributed by atoms with Crippen LogP contribution in [0.3, 0.4) is 0 Å². The lowest BCUT2D eigenvalue weighted by atomic mass is 9.93. The summed E-state index contributed by atoms with van der Waals surface area (Å²) in [5.41, 5.74) is 7.26. The summed E-state index contributed by atoms with van der Waals surface area (Å²) in [6, 6.07) is 21.9. The van der Waals surface area contributed by atoms with E-state index in [-0.39, 0.29) is 5.78 Å². The topological polar surface area (TPSA) is 61.8 Å². The number of carbonyl (C=O) groups excluding carboxylic acids is 2. The highest BCUT2D eigenvalue weighted by atomic mass is 35.5. The van der Waals surface area contributed by atoms with Gasteiger partial charge in [0.25, 0.3) is 0 Å². The number of ketones is 1. The standard InChI is InChI=1S/C29H28ClN3O2/c1-20(19-34)32-33(25-16-12-22(13-17-25)11-10-21(2)35)29-9-5-6-23-14-15-24(18-26(23)29)31-28-8-4-3-7-27(28)30/h3-4,7-9,12-19,31H,5-6,10-11H2,1-2H3/b32-20+. The summed E-state index contributed by atoms with van der Waals surface area (Å²) in [5.74, 6) is 0.173. The van der Waals surface area contributed by atoms with Gasteiger partial charge in [0.2, 0.25) is 0 Å². The summed E-state index contributed by atoms with van der Waals surface area (Å²) >= 11 is 6.35. The molecule has 1 N–H and O–H groups in total. The highest BCUT2D eigenvalue weighted by molar-refractivity contribution is 6.33. The molecule has 4 rings (SSSR count). The van der Waals surface area contributed by atoms with Crippen molar-refractivity contribution in [3.05, 3.63) is 94.5 Å². The number of Topliss-reactive ketones (excluding diaryl/α,β-unsaturated/α-hetero) is 1. The molecule has 178 valence electrons. The van der Waals surface area contributed by atoms with Gasteiger partial charge in [0.05, 0.1) is 27.8 Å². The summed E-state index contributed by atoms with van der Waals surface area (Å²) in [4.78, 5) is 22.8. The largest absolute Gasteiger partial charge is 0.354 e. The van der Waals surface area contributed by atoms with Crippen LogP contribution in [0.15, 0.2) is 77.9 Å². The third kappa shape index (κ3) is 6.06. The molecule has 0 saturated heterocycles. The van der Waals surface area contributed by atoms with Crippen molar-refractivity contribution in [2.24, 2.45) is 5.10 Å². The van der Waals surface area contributed by atoms with Crippen molar-refractivity contribution in [1.82, 2.24) is 0 Å². The molecule has 3 aromatic rings. The van der Waals surface area contributed by atoms with Gasteiger partial charge in [0.1, 0.15) is 5.78 Å². The smallest absolute Gasteiger partial charge is 0.165 e. The minimum absolute atomic E-state index is 0.173. The van der Waals surface area contributed by atoms with E-state index in [9.17, 15) is 9.59 Å². The minimum Gasteiger partial charge on any atom is -0.354 e. The third-order valence-electron chi connectivity index (χ3n) is 5.89. The Morgan fingerprint density at radius 2 is 1.86 bits per heavy atom. The monoisotopic (exact) mass is 485 g/mol. The predicted octanol–water partition coefficient (Wildman–Crippen LogP) is 6.97. The Bertz CT molecular complexity index is 1300. The molecule has 0 spiro atoms. The van der Waals surface area contributed by atoms with E-state index in [4.69, 9.17) is 11.6 Å². The predicted molar refractivity (Wildman–Crippen MR) is 145 cm³/mol. The molecule has 0 amide bonds. The van der Waals surface area contributed by atoms with Crippen molar-refractivity contribution in [2.75, 3.05) is 10.3 Å². The first-order valence-electron chi connectivity index (χ1n) is 11.7. The van der Waals surface area contributed by atoms with Gasteiger partial charge in [-0.1, -0.05) is 48.0 Å². The van der Waals surface area contributed by atoms with Gasteiger partial charge >= 0.3 is 0 Å². The van der Waals surface area contributed by atoms with Crippen LogP contribution in [0, 0.1) is 0 Å². The third-order valence-corrected chi connectivity index (χ3v) is 6.22. The first-order chi connectivity index (χ1) is 16.9. The van der Waals surface area contributed by atoms with E-state index < -0.39 is 0 Å². The van der Waals surface area contributed by atoms with Crippen molar-refractivity contribution >= 4 is 52.1 Å². The van der Waals surface area contributed by atoms with Gasteiger partial charge in [-0.25, -0.2) is 5.01 Å². The van der Waals surface area contributed by atoms with Crippen LogP contribution in [0.5, 0.6) is 0 Å². The molecular weight excluding hydrogens is 458 g/mol. The summed E-state index contributed by atoms with van der Waals surface area (Å²) in [5, 5.41) is 10.5. The Balaban J connectivity index is 1.70. The Kier molecular flexibility index (Phi) is 7.78. The van der Waals surface area contributed by atoms with Crippen LogP contribution in [0.25, 0.3) is 5.70 Å². The van der Waals surface area contributed by atoms with Crippen molar-refractivity contribution < 1.29 is 9.59 Å². The Hall–Kier alpha value is -3.70. The van der Waals surface area contributed by atoms with Crippen LogP contribution in [-0.4, -0.2) is 17.8 Å². The van der Waals surface area contributed by atoms with E-state index in [2.05, 4.69) is 34.7 Å². The quantitative estimate of drug-likeness (QED) is 0.202. The fourth-order valence-corrected chi connectivity index (χ4v) is 4.24. The second-order valence-electron chi connectivity index (χ2n) is 8.64. The first kappa shape index (κ1) is 24.4. The maximum absolute atomic E-state index is 11.5. The maximum atomic E-state index is 11.5. The average Bonchev–Trinajstić information content (AvgIpc) is 2.87. The molecule has 1 aliphatic rings. The summed E-state index contributed by atoms with van der Waals surface area (Å²) in [6.07, 6.45) is 5.95. The fraction of sp³-hybridized carbons (Fsp3) is 0.207. The van der Waals surface area contributed by atoms with Gasteiger partial charge in [-0.15, -0.1) is 0 Å². The summed E-state index contributed by atoms with van der Waals surface area (Å²) in [6.45, 7) is 3.30. The van der Waals surface area contributed by atoms with Gasteiger partial charge in [0, 0.05) is 17.7 Å². The van der Waals surface area contributed by atoms with E-state index in [0.717, 1.165) is 53.0 Å². The van der Waals surface area contributed by atoms with Crippen molar-refractivity contribution in [3.63, 3.8) is 0 Å². The number of aryl methyl sites for hydroxylation is 2. The minimum atomic E-state index is 0.173. The van der Waals surface area contributed by atoms with Crippen molar-refractivity contribution in [2.45, 2.75) is 39.5 Å². The van der Waals surface area contributed by atoms with Gasteiger partial charge in [-0.3, -0.25) is 4.79 Å². The number of allylic oxidation sites excluding steroid dienone is 1. The molecular formula is C29H28ClN3O2. The Labute approximate surface area is 211 Å². The number of fused-ring (bicyclic) bond motifs is 1. The number of nitrogens with one attached hydrogen (secondary N) is 1. The normalized spacial score (nSPS) is 13.0. The highest BCUT2D eigenvalue weighted by Crippen LogP contribution is 2.36. The van der Waals surface area contributed by atoms with Crippen molar-refractivity contribution in [3.8, 4) is 0 Å². The van der Waals surface area contributed by atoms with Crippen LogP contribution >= 0.6 is 11.6 Å². The first-order valence-corrected chi connectivity index (χ1v) is 12.1. The zero-order chi connectivity index (χ0) is 24.8. The number of rotatable bonds is 9. The molecule has 1 aliphatic carbocycles. The highest BCUT2D eigenvalue weighted by Gasteiger charge is 2.21. The molecule has 0 unspecified atom stereocenters. The van der Waals surface area contributed by atoms with Crippen molar-refractivity contribution in [1.29, 1.82) is 0 Å². The van der Waals surface area contributed by atoms with Crippen LogP contribution in [0.1, 0.15) is 43.4 Å². The van der Waals surface area contributed by atoms with Crippen LogP contribution in [0.4, 0.5) is 17.1 Å². The number of hydrogen-bond acceptors (Lipinski definition) is 5. The van der Waals surface area contributed by atoms with Gasteiger partial charge < -0.3 is 10.1 Å². The number of nitrogens with zero attached hydrogens (tertiary/aromatic N) is 2. The molecule has 0 saturated carbocycles. The van der Waals surface area contributed by atoms with Crippen LogP contribution in [0.2, 0.25) is 5.02 Å². The fourth-order valence-electron chi connectivity index (χ4n) is 4.06. The van der Waals surface area contributed by atoms with Crippen LogP contribution in [-0.2, 0) is 22.4 Å². The number of aldehydes is 1. The van der Waals surface area contributed by atoms with Gasteiger partial charge in [-0.05, 0) is 80.6 Å². The summed E-state index contributed by atoms with van der Waals surface area (Å²) < 4.78 is 0. The molecule has 6 heteroatoms. The molecule has 0 aliphatic heterocycles. The number of para-hydroxylation sites is 1. The lowest BCUT2D eigenvalue weighted by molar-refractivity contribution is -0.117. The zero-order valence-corrected chi connectivity index (χ0v) is 20.7. The van der Waals surface area contributed by atoms with E-state index >= 15 is 0 Å². The molecule has 5 nitrogen and oxygen atoms in total. The number of benzene rings is 3. The molecule has 0 aromatic heterocycles. The van der Waals surface area contributed by atoms with E-state index in [1.165, 1.54) is 5.56 Å². The molecule has 35 heavy (non-hydrogen) atoms. The number of hydrogen-bond donors (Lipinski definition) is 1. The zero-order valence-electron chi connectivity index (χ0n) is 19.9. The lowest BCUT2D eigenvalue weighted by Gasteiger charge is -2.28. The molecule has 0 radical (unpaired) electrons. The molecule has 0 heterocycles. The van der Waals surface area contributed by atoms with E-state index in [1.807, 2.05) is 53.5 Å². The Morgan fingerprint density at radius 1 is 1.09 bits per heavy atom. The molecule has 0 atom stereocenters.